The molecule has 0 aliphatic carbocycles. The molecule has 0 aliphatic heterocycles. The molecule has 0 atom stereocenters. The lowest BCUT2D eigenvalue weighted by Crippen LogP contribution is -2.11. The number of amides is 1. The van der Waals surface area contributed by atoms with Gasteiger partial charge < -0.3 is 14.8 Å². The SMILES string of the molecule is O=C(Nc1cnn(COc2cccc(Cl)c2)c1)c1ccc(COc2ccc(Cl)cc2Cl)cc1. The Morgan fingerprint density at radius 3 is 2.48 bits per heavy atom. The van der Waals surface area contributed by atoms with E-state index < -0.39 is 0 Å². The van der Waals surface area contributed by atoms with Gasteiger partial charge in [0.1, 0.15) is 18.1 Å². The average molecular weight is 503 g/mol. The van der Waals surface area contributed by atoms with Crippen LogP contribution in [-0.4, -0.2) is 15.7 Å². The zero-order valence-corrected chi connectivity index (χ0v) is 19.4. The summed E-state index contributed by atoms with van der Waals surface area (Å²) in [5, 5.41) is 8.58. The third-order valence-electron chi connectivity index (χ3n) is 4.56. The van der Waals surface area contributed by atoms with E-state index in [0.29, 0.717) is 44.4 Å². The Bertz CT molecular complexity index is 1260. The molecule has 4 rings (SSSR count). The molecule has 9 heteroatoms. The molecule has 1 N–H and O–H groups in total. The van der Waals surface area contributed by atoms with Crippen molar-refractivity contribution in [2.24, 2.45) is 0 Å². The van der Waals surface area contributed by atoms with Gasteiger partial charge in [-0.05, 0) is 54.1 Å². The maximum Gasteiger partial charge on any atom is 0.255 e. The molecule has 1 aromatic heterocycles. The van der Waals surface area contributed by atoms with E-state index in [9.17, 15) is 4.79 Å². The predicted molar refractivity (Wildman–Crippen MR) is 129 cm³/mol. The number of benzene rings is 3. The van der Waals surface area contributed by atoms with Crippen LogP contribution in [0.3, 0.4) is 0 Å². The normalized spacial score (nSPS) is 10.6. The maximum atomic E-state index is 12.6. The predicted octanol–water partition coefficient (Wildman–Crippen LogP) is 6.71. The highest BCUT2D eigenvalue weighted by molar-refractivity contribution is 6.35. The summed E-state index contributed by atoms with van der Waals surface area (Å²) < 4.78 is 12.9. The summed E-state index contributed by atoms with van der Waals surface area (Å²) >= 11 is 18.0. The van der Waals surface area contributed by atoms with Crippen LogP contribution < -0.4 is 14.8 Å². The van der Waals surface area contributed by atoms with Crippen LogP contribution in [0.15, 0.2) is 79.1 Å². The van der Waals surface area contributed by atoms with Gasteiger partial charge in [-0.1, -0.05) is 53.0 Å². The van der Waals surface area contributed by atoms with Gasteiger partial charge in [0.2, 0.25) is 0 Å². The molecule has 0 fully saturated rings. The molecule has 0 saturated heterocycles. The number of aromatic nitrogens is 2. The van der Waals surface area contributed by atoms with Gasteiger partial charge >= 0.3 is 0 Å². The topological polar surface area (TPSA) is 65.4 Å². The first kappa shape index (κ1) is 23.0. The van der Waals surface area contributed by atoms with Crippen molar-refractivity contribution in [3.63, 3.8) is 0 Å². The van der Waals surface area contributed by atoms with E-state index in [1.165, 1.54) is 0 Å². The molecule has 0 saturated carbocycles. The van der Waals surface area contributed by atoms with Gasteiger partial charge in [-0.25, -0.2) is 4.68 Å². The lowest BCUT2D eigenvalue weighted by Gasteiger charge is -2.09. The first-order valence-electron chi connectivity index (χ1n) is 9.85. The Balaban J connectivity index is 1.29. The van der Waals surface area contributed by atoms with E-state index >= 15 is 0 Å². The first-order chi connectivity index (χ1) is 16.0. The molecule has 3 aromatic carbocycles. The van der Waals surface area contributed by atoms with Gasteiger partial charge in [-0.3, -0.25) is 4.79 Å². The number of nitrogens with one attached hydrogen (secondary N) is 1. The lowest BCUT2D eigenvalue weighted by atomic mass is 10.1. The molecule has 6 nitrogen and oxygen atoms in total. The van der Waals surface area contributed by atoms with Crippen LogP contribution in [0.5, 0.6) is 11.5 Å². The van der Waals surface area contributed by atoms with Crippen LogP contribution in [0.4, 0.5) is 5.69 Å². The Hall–Kier alpha value is -3.19. The van der Waals surface area contributed by atoms with Crippen molar-refractivity contribution in [1.29, 1.82) is 0 Å². The zero-order valence-electron chi connectivity index (χ0n) is 17.2. The Kier molecular flexibility index (Phi) is 7.40. The van der Waals surface area contributed by atoms with Crippen molar-refractivity contribution < 1.29 is 14.3 Å². The molecule has 0 bridgehead atoms. The second-order valence-electron chi connectivity index (χ2n) is 7.01. The zero-order chi connectivity index (χ0) is 23.2. The number of anilines is 1. The van der Waals surface area contributed by atoms with Crippen molar-refractivity contribution in [3.8, 4) is 11.5 Å². The van der Waals surface area contributed by atoms with Crippen LogP contribution in [-0.2, 0) is 13.3 Å². The molecular weight excluding hydrogens is 485 g/mol. The van der Waals surface area contributed by atoms with Crippen LogP contribution >= 0.6 is 34.8 Å². The quantitative estimate of drug-likeness (QED) is 0.291. The Morgan fingerprint density at radius 1 is 0.939 bits per heavy atom. The van der Waals surface area contributed by atoms with E-state index in [1.54, 1.807) is 71.7 Å². The fourth-order valence-electron chi connectivity index (χ4n) is 2.91. The highest BCUT2D eigenvalue weighted by Crippen LogP contribution is 2.28. The fourth-order valence-corrected chi connectivity index (χ4v) is 3.55. The van der Waals surface area contributed by atoms with Crippen molar-refractivity contribution in [1.82, 2.24) is 9.78 Å². The summed E-state index contributed by atoms with van der Waals surface area (Å²) in [6, 6.07) is 19.2. The van der Waals surface area contributed by atoms with Crippen molar-refractivity contribution in [2.45, 2.75) is 13.3 Å². The van der Waals surface area contributed by atoms with Crippen LogP contribution in [0.1, 0.15) is 15.9 Å². The smallest absolute Gasteiger partial charge is 0.255 e. The molecule has 33 heavy (non-hydrogen) atoms. The number of carbonyl (C=O) groups excluding carboxylic acids is 1. The van der Waals surface area contributed by atoms with Crippen molar-refractivity contribution in [3.05, 3.63) is 105 Å². The number of halogens is 3. The summed E-state index contributed by atoms with van der Waals surface area (Å²) in [7, 11) is 0. The van der Waals surface area contributed by atoms with Gasteiger partial charge in [0.25, 0.3) is 5.91 Å². The number of hydrogen-bond donors (Lipinski definition) is 1. The highest BCUT2D eigenvalue weighted by atomic mass is 35.5. The highest BCUT2D eigenvalue weighted by Gasteiger charge is 2.09. The molecule has 0 unspecified atom stereocenters. The van der Waals surface area contributed by atoms with Crippen LogP contribution in [0, 0.1) is 0 Å². The van der Waals surface area contributed by atoms with Crippen molar-refractivity contribution in [2.75, 3.05) is 5.32 Å². The molecular formula is C24H18Cl3N3O3. The van der Waals surface area contributed by atoms with Gasteiger partial charge in [-0.2, -0.15) is 5.10 Å². The molecule has 1 heterocycles. The number of nitrogens with zero attached hydrogens (tertiary/aromatic N) is 2. The van der Waals surface area contributed by atoms with Crippen LogP contribution in [0.25, 0.3) is 0 Å². The van der Waals surface area contributed by atoms with E-state index in [0.717, 1.165) is 5.56 Å². The monoisotopic (exact) mass is 501 g/mol. The number of carbonyl (C=O) groups is 1. The van der Waals surface area contributed by atoms with E-state index in [2.05, 4.69) is 10.4 Å². The molecule has 168 valence electrons. The van der Waals surface area contributed by atoms with E-state index in [4.69, 9.17) is 44.3 Å². The minimum absolute atomic E-state index is 0.183. The molecule has 0 aliphatic rings. The second kappa shape index (κ2) is 10.6. The minimum atomic E-state index is -0.251. The molecule has 4 aromatic rings. The van der Waals surface area contributed by atoms with Gasteiger partial charge in [0.05, 0.1) is 23.1 Å². The van der Waals surface area contributed by atoms with E-state index in [1.807, 2.05) is 12.1 Å². The fraction of sp³-hybridized carbons (Fsp3) is 0.0833. The minimum Gasteiger partial charge on any atom is -0.487 e. The Labute approximate surface area is 205 Å². The summed E-state index contributed by atoms with van der Waals surface area (Å²) in [6.07, 6.45) is 3.23. The molecule has 1 amide bonds. The second-order valence-corrected chi connectivity index (χ2v) is 8.29. The van der Waals surface area contributed by atoms with E-state index in [-0.39, 0.29) is 12.6 Å². The largest absolute Gasteiger partial charge is 0.487 e. The third-order valence-corrected chi connectivity index (χ3v) is 5.32. The molecule has 0 radical (unpaired) electrons. The summed E-state index contributed by atoms with van der Waals surface area (Å²) in [5.41, 5.74) is 1.95. The van der Waals surface area contributed by atoms with Crippen molar-refractivity contribution >= 4 is 46.4 Å². The Morgan fingerprint density at radius 2 is 1.73 bits per heavy atom. The van der Waals surface area contributed by atoms with Crippen LogP contribution in [0.2, 0.25) is 15.1 Å². The average Bonchev–Trinajstić information content (AvgIpc) is 3.25. The third kappa shape index (κ3) is 6.42. The first-order valence-corrected chi connectivity index (χ1v) is 11.0. The number of hydrogen-bond acceptors (Lipinski definition) is 4. The number of ether oxygens (including phenoxy) is 2. The van der Waals surface area contributed by atoms with Gasteiger partial charge in [-0.15, -0.1) is 0 Å². The maximum absolute atomic E-state index is 12.6. The lowest BCUT2D eigenvalue weighted by molar-refractivity contribution is 0.102. The van der Waals surface area contributed by atoms with Gasteiger partial charge in [0.15, 0.2) is 6.73 Å². The standard InChI is InChI=1S/C24H18Cl3N3O3/c25-18-2-1-3-21(10-18)33-15-30-13-20(12-28-30)29-24(31)17-6-4-16(5-7-17)14-32-23-9-8-19(26)11-22(23)27/h1-13H,14-15H2,(H,29,31). The molecule has 0 spiro atoms. The number of rotatable bonds is 8. The van der Waals surface area contributed by atoms with Gasteiger partial charge in [0, 0.05) is 15.6 Å². The summed E-state index contributed by atoms with van der Waals surface area (Å²) in [6.45, 7) is 0.491. The summed E-state index contributed by atoms with van der Waals surface area (Å²) in [4.78, 5) is 12.6. The summed E-state index contributed by atoms with van der Waals surface area (Å²) in [5.74, 6) is 0.920.